The van der Waals surface area contributed by atoms with Crippen molar-refractivity contribution in [1.29, 1.82) is 0 Å². The normalized spacial score (nSPS) is 21.6. The molecule has 112 valence electrons. The first-order chi connectivity index (χ1) is 9.69. The summed E-state index contributed by atoms with van der Waals surface area (Å²) in [6, 6.07) is 9.12. The van der Waals surface area contributed by atoms with E-state index in [4.69, 9.17) is 11.6 Å². The Bertz CT molecular complexity index is 413. The second-order valence-corrected chi connectivity index (χ2v) is 6.01. The Morgan fingerprint density at radius 2 is 2.30 bits per heavy atom. The molecule has 0 aromatic heterocycles. The third-order valence-electron chi connectivity index (χ3n) is 3.97. The second kappa shape index (κ2) is 7.87. The number of anilines is 1. The van der Waals surface area contributed by atoms with E-state index in [9.17, 15) is 5.11 Å². The third-order valence-corrected chi connectivity index (χ3v) is 4.33. The van der Waals surface area contributed by atoms with Crippen LogP contribution in [-0.4, -0.2) is 41.1 Å². The van der Waals surface area contributed by atoms with Gasteiger partial charge in [0.25, 0.3) is 0 Å². The Morgan fingerprint density at radius 3 is 3.05 bits per heavy atom. The smallest absolute Gasteiger partial charge is 0.0847 e. The van der Waals surface area contributed by atoms with E-state index in [0.717, 1.165) is 12.2 Å². The average molecular weight is 297 g/mol. The van der Waals surface area contributed by atoms with Gasteiger partial charge in [-0.25, -0.2) is 0 Å². The lowest BCUT2D eigenvalue weighted by molar-refractivity contribution is 0.152. The van der Waals surface area contributed by atoms with Crippen molar-refractivity contribution < 1.29 is 5.11 Å². The van der Waals surface area contributed by atoms with Gasteiger partial charge in [-0.15, -0.1) is 11.6 Å². The van der Waals surface area contributed by atoms with Gasteiger partial charge in [-0.1, -0.05) is 18.6 Å². The predicted molar refractivity (Wildman–Crippen MR) is 85.4 cm³/mol. The Labute approximate surface area is 126 Å². The van der Waals surface area contributed by atoms with Gasteiger partial charge in [0.05, 0.1) is 12.0 Å². The van der Waals surface area contributed by atoms with Crippen LogP contribution in [-0.2, 0) is 6.54 Å². The van der Waals surface area contributed by atoms with Crippen molar-refractivity contribution in [3.8, 4) is 0 Å². The van der Waals surface area contributed by atoms with Crippen LogP contribution in [0.4, 0.5) is 5.69 Å². The van der Waals surface area contributed by atoms with Gasteiger partial charge >= 0.3 is 0 Å². The highest BCUT2D eigenvalue weighted by Crippen LogP contribution is 2.20. The molecule has 4 heteroatoms. The van der Waals surface area contributed by atoms with E-state index >= 15 is 0 Å². The number of hydrogen-bond acceptors (Lipinski definition) is 3. The summed E-state index contributed by atoms with van der Waals surface area (Å²) >= 11 is 5.60. The fourth-order valence-electron chi connectivity index (χ4n) is 2.70. The van der Waals surface area contributed by atoms with E-state index in [1.807, 2.05) is 6.07 Å². The number of nitrogens with zero attached hydrogens (tertiary/aromatic N) is 1. The van der Waals surface area contributed by atoms with E-state index in [1.165, 1.54) is 31.4 Å². The molecular formula is C16H25ClN2O. The quantitative estimate of drug-likeness (QED) is 0.792. The van der Waals surface area contributed by atoms with Gasteiger partial charge in [0.1, 0.15) is 0 Å². The predicted octanol–water partition coefficient (Wildman–Crippen LogP) is 3.07. The molecule has 2 atom stereocenters. The van der Waals surface area contributed by atoms with Crippen LogP contribution in [0.15, 0.2) is 24.3 Å². The van der Waals surface area contributed by atoms with Crippen molar-refractivity contribution in [2.45, 2.75) is 44.9 Å². The summed E-state index contributed by atoms with van der Waals surface area (Å²) in [5, 5.41) is 12.7. The molecule has 0 saturated carbocycles. The van der Waals surface area contributed by atoms with Crippen molar-refractivity contribution >= 4 is 17.3 Å². The van der Waals surface area contributed by atoms with Gasteiger partial charge < -0.3 is 10.4 Å². The summed E-state index contributed by atoms with van der Waals surface area (Å²) in [6.45, 7) is 5.02. The van der Waals surface area contributed by atoms with Gasteiger partial charge in [0.15, 0.2) is 0 Å². The van der Waals surface area contributed by atoms with Crippen LogP contribution in [0.3, 0.4) is 0 Å². The topological polar surface area (TPSA) is 35.5 Å². The van der Waals surface area contributed by atoms with E-state index in [0.29, 0.717) is 12.6 Å². The number of benzene rings is 1. The molecule has 3 nitrogen and oxygen atoms in total. The molecule has 1 aromatic rings. The molecule has 2 rings (SSSR count). The maximum absolute atomic E-state index is 9.48. The molecule has 1 aromatic carbocycles. The fraction of sp³-hybridized carbons (Fsp3) is 0.625. The van der Waals surface area contributed by atoms with Crippen LogP contribution < -0.4 is 5.32 Å². The zero-order chi connectivity index (χ0) is 14.4. The lowest BCUT2D eigenvalue weighted by atomic mass is 10.0. The Morgan fingerprint density at radius 1 is 1.45 bits per heavy atom. The molecule has 1 aliphatic rings. The van der Waals surface area contributed by atoms with Gasteiger partial charge in [-0.3, -0.25) is 4.90 Å². The molecule has 2 unspecified atom stereocenters. The Kier molecular flexibility index (Phi) is 6.14. The SMILES string of the molecule is CC1CCCCN1Cc1cccc(NCC(O)CCl)c1. The molecule has 0 spiro atoms. The molecule has 1 fully saturated rings. The van der Waals surface area contributed by atoms with Crippen molar-refractivity contribution in [2.24, 2.45) is 0 Å². The van der Waals surface area contributed by atoms with Crippen LogP contribution in [0.2, 0.25) is 0 Å². The number of aliphatic hydroxyl groups is 1. The summed E-state index contributed by atoms with van der Waals surface area (Å²) in [6.07, 6.45) is 3.47. The van der Waals surface area contributed by atoms with Gasteiger partial charge in [0, 0.05) is 24.8 Å². The monoisotopic (exact) mass is 296 g/mol. The number of halogens is 1. The Balaban J connectivity index is 1.91. The van der Waals surface area contributed by atoms with E-state index in [-0.39, 0.29) is 5.88 Å². The first-order valence-corrected chi connectivity index (χ1v) is 8.03. The number of alkyl halides is 1. The third kappa shape index (κ3) is 4.65. The van der Waals surface area contributed by atoms with Crippen LogP contribution in [0.5, 0.6) is 0 Å². The minimum absolute atomic E-state index is 0.262. The second-order valence-electron chi connectivity index (χ2n) is 5.70. The number of hydrogen-bond donors (Lipinski definition) is 2. The standard InChI is InChI=1S/C16H25ClN2O/c1-13-5-2-3-8-19(13)12-14-6-4-7-15(9-14)18-11-16(20)10-17/h4,6-7,9,13,16,18,20H,2-3,5,8,10-12H2,1H3. The molecule has 0 radical (unpaired) electrons. The molecular weight excluding hydrogens is 272 g/mol. The van der Waals surface area contributed by atoms with Crippen molar-refractivity contribution in [3.05, 3.63) is 29.8 Å². The molecule has 1 aliphatic heterocycles. The number of nitrogens with one attached hydrogen (secondary N) is 1. The maximum atomic E-state index is 9.48. The average Bonchev–Trinajstić information content (AvgIpc) is 2.47. The molecule has 0 aliphatic carbocycles. The molecule has 0 bridgehead atoms. The highest BCUT2D eigenvalue weighted by molar-refractivity contribution is 6.18. The largest absolute Gasteiger partial charge is 0.390 e. The summed E-state index contributed by atoms with van der Waals surface area (Å²) < 4.78 is 0. The lowest BCUT2D eigenvalue weighted by Crippen LogP contribution is -2.36. The minimum atomic E-state index is -0.498. The molecule has 1 saturated heterocycles. The first-order valence-electron chi connectivity index (χ1n) is 7.50. The zero-order valence-electron chi connectivity index (χ0n) is 12.2. The maximum Gasteiger partial charge on any atom is 0.0847 e. The lowest BCUT2D eigenvalue weighted by Gasteiger charge is -2.33. The van der Waals surface area contributed by atoms with Crippen molar-refractivity contribution in [1.82, 2.24) is 4.90 Å². The molecule has 20 heavy (non-hydrogen) atoms. The van der Waals surface area contributed by atoms with Gasteiger partial charge in [-0.2, -0.15) is 0 Å². The van der Waals surface area contributed by atoms with Crippen molar-refractivity contribution in [2.75, 3.05) is 24.3 Å². The number of likely N-dealkylation sites (tertiary alicyclic amines) is 1. The van der Waals surface area contributed by atoms with Crippen LogP contribution in [0.25, 0.3) is 0 Å². The minimum Gasteiger partial charge on any atom is -0.390 e. The van der Waals surface area contributed by atoms with Gasteiger partial charge in [0.2, 0.25) is 0 Å². The van der Waals surface area contributed by atoms with E-state index in [1.54, 1.807) is 0 Å². The summed E-state index contributed by atoms with van der Waals surface area (Å²) in [5.41, 5.74) is 2.38. The van der Waals surface area contributed by atoms with E-state index in [2.05, 4.69) is 35.3 Å². The molecule has 1 heterocycles. The highest BCUT2D eigenvalue weighted by Gasteiger charge is 2.18. The zero-order valence-corrected chi connectivity index (χ0v) is 12.9. The molecule has 0 amide bonds. The first kappa shape index (κ1) is 15.6. The highest BCUT2D eigenvalue weighted by atomic mass is 35.5. The fourth-order valence-corrected chi connectivity index (χ4v) is 2.81. The van der Waals surface area contributed by atoms with Crippen molar-refractivity contribution in [3.63, 3.8) is 0 Å². The Hall–Kier alpha value is -0.770. The summed E-state index contributed by atoms with van der Waals surface area (Å²) in [5.74, 6) is 0.262. The summed E-state index contributed by atoms with van der Waals surface area (Å²) in [4.78, 5) is 2.55. The van der Waals surface area contributed by atoms with Gasteiger partial charge in [-0.05, 0) is 44.0 Å². The number of piperidine rings is 1. The summed E-state index contributed by atoms with van der Waals surface area (Å²) in [7, 11) is 0. The van der Waals surface area contributed by atoms with Crippen LogP contribution in [0.1, 0.15) is 31.7 Å². The number of aliphatic hydroxyl groups excluding tert-OH is 1. The van der Waals surface area contributed by atoms with E-state index < -0.39 is 6.10 Å². The van der Waals surface area contributed by atoms with Crippen LogP contribution in [0, 0.1) is 0 Å². The van der Waals surface area contributed by atoms with Crippen LogP contribution >= 0.6 is 11.6 Å². The molecule has 2 N–H and O–H groups in total. The number of rotatable bonds is 6.